The van der Waals surface area contributed by atoms with E-state index >= 15 is 0 Å². The van der Waals surface area contributed by atoms with E-state index in [-0.39, 0.29) is 0 Å². The number of hydrogen-bond acceptors (Lipinski definition) is 1. The maximum Gasteiger partial charge on any atom is 0.124 e. The lowest BCUT2D eigenvalue weighted by Crippen LogP contribution is -3.10. The monoisotopic (exact) mass is 206 g/mol. The first-order chi connectivity index (χ1) is 7.36. The van der Waals surface area contributed by atoms with Gasteiger partial charge in [0.25, 0.3) is 0 Å². The second-order valence-electron chi connectivity index (χ2n) is 4.47. The number of rotatable bonds is 2. The average Bonchev–Trinajstić information content (AvgIpc) is 2.50. The third kappa shape index (κ3) is 2.96. The van der Waals surface area contributed by atoms with E-state index in [0.29, 0.717) is 5.75 Å². The van der Waals surface area contributed by atoms with Crippen molar-refractivity contribution in [3.63, 3.8) is 0 Å². The predicted molar refractivity (Wildman–Crippen MR) is 61.0 cm³/mol. The third-order valence-corrected chi connectivity index (χ3v) is 3.24. The maximum absolute atomic E-state index is 9.70. The molecule has 0 atom stereocenters. The Morgan fingerprint density at radius 2 is 1.67 bits per heavy atom. The summed E-state index contributed by atoms with van der Waals surface area (Å²) in [6.45, 7) is 3.50. The highest BCUT2D eigenvalue weighted by molar-refractivity contribution is 5.30. The minimum absolute atomic E-state index is 0.453. The van der Waals surface area contributed by atoms with Gasteiger partial charge in [0.2, 0.25) is 0 Å². The van der Waals surface area contributed by atoms with Crippen molar-refractivity contribution in [2.75, 3.05) is 13.1 Å². The minimum Gasteiger partial charge on any atom is -0.507 e. The van der Waals surface area contributed by atoms with Gasteiger partial charge in [0.05, 0.1) is 13.1 Å². The number of hydrogen-bond donors (Lipinski definition) is 2. The van der Waals surface area contributed by atoms with Gasteiger partial charge < -0.3 is 10.0 Å². The van der Waals surface area contributed by atoms with Crippen LogP contribution in [0.3, 0.4) is 0 Å². The summed E-state index contributed by atoms with van der Waals surface area (Å²) in [5.74, 6) is 0.453. The van der Waals surface area contributed by atoms with Crippen molar-refractivity contribution in [2.45, 2.75) is 32.2 Å². The second kappa shape index (κ2) is 5.17. The molecule has 0 radical (unpaired) electrons. The van der Waals surface area contributed by atoms with Crippen molar-refractivity contribution in [1.29, 1.82) is 0 Å². The zero-order chi connectivity index (χ0) is 10.5. The van der Waals surface area contributed by atoms with E-state index in [1.165, 1.54) is 38.8 Å². The maximum atomic E-state index is 9.70. The molecule has 1 aliphatic rings. The first-order valence-electron chi connectivity index (χ1n) is 5.97. The van der Waals surface area contributed by atoms with Crippen LogP contribution in [0, 0.1) is 0 Å². The molecule has 1 heterocycles. The highest BCUT2D eigenvalue weighted by Crippen LogP contribution is 2.14. The first-order valence-corrected chi connectivity index (χ1v) is 5.97. The summed E-state index contributed by atoms with van der Waals surface area (Å²) in [4.78, 5) is 1.62. The number of phenolic OH excluding ortho intramolecular Hbond substituents is 1. The smallest absolute Gasteiger partial charge is 0.124 e. The summed E-state index contributed by atoms with van der Waals surface area (Å²) in [5.41, 5.74) is 1.09. The van der Waals surface area contributed by atoms with Crippen LogP contribution in [0.5, 0.6) is 5.75 Å². The van der Waals surface area contributed by atoms with Gasteiger partial charge in [-0.2, -0.15) is 0 Å². The summed E-state index contributed by atoms with van der Waals surface area (Å²) in [6.07, 6.45) is 5.43. The fourth-order valence-corrected chi connectivity index (χ4v) is 2.33. The van der Waals surface area contributed by atoms with Crippen molar-refractivity contribution in [2.24, 2.45) is 0 Å². The van der Waals surface area contributed by atoms with Gasteiger partial charge in [0.1, 0.15) is 12.3 Å². The van der Waals surface area contributed by atoms with Gasteiger partial charge in [-0.25, -0.2) is 0 Å². The summed E-state index contributed by atoms with van der Waals surface area (Å²) in [7, 11) is 0. The molecule has 1 fully saturated rings. The lowest BCUT2D eigenvalue weighted by molar-refractivity contribution is -0.913. The zero-order valence-corrected chi connectivity index (χ0v) is 9.21. The van der Waals surface area contributed by atoms with Crippen molar-refractivity contribution < 1.29 is 10.0 Å². The molecule has 2 rings (SSSR count). The van der Waals surface area contributed by atoms with Gasteiger partial charge in [-0.15, -0.1) is 0 Å². The fourth-order valence-electron chi connectivity index (χ4n) is 2.33. The van der Waals surface area contributed by atoms with Crippen LogP contribution in [0.2, 0.25) is 0 Å². The molecule has 0 unspecified atom stereocenters. The lowest BCUT2D eigenvalue weighted by atomic mass is 10.2. The van der Waals surface area contributed by atoms with Gasteiger partial charge in [-0.05, 0) is 37.8 Å². The van der Waals surface area contributed by atoms with E-state index in [1.807, 2.05) is 18.2 Å². The normalized spacial score (nSPS) is 18.7. The number of quaternary nitrogens is 1. The quantitative estimate of drug-likeness (QED) is 0.750. The molecule has 1 aromatic rings. The van der Waals surface area contributed by atoms with Crippen LogP contribution in [0.1, 0.15) is 31.2 Å². The van der Waals surface area contributed by atoms with Gasteiger partial charge in [0, 0.05) is 5.56 Å². The van der Waals surface area contributed by atoms with Crippen molar-refractivity contribution >= 4 is 0 Å². The standard InChI is InChI=1S/C13H19NO/c15-13-8-4-3-7-12(13)11-14-9-5-1-2-6-10-14/h3-4,7-8,15H,1-2,5-6,9-11H2/p+1. The number of nitrogens with one attached hydrogen (secondary N) is 1. The van der Waals surface area contributed by atoms with E-state index in [4.69, 9.17) is 0 Å². The lowest BCUT2D eigenvalue weighted by Gasteiger charge is -2.17. The van der Waals surface area contributed by atoms with Crippen LogP contribution in [0.15, 0.2) is 24.3 Å². The third-order valence-electron chi connectivity index (χ3n) is 3.24. The molecule has 1 aromatic carbocycles. The molecule has 2 N–H and O–H groups in total. The Hall–Kier alpha value is -1.02. The number of phenols is 1. The first kappa shape index (κ1) is 10.5. The van der Waals surface area contributed by atoms with E-state index in [1.54, 1.807) is 11.0 Å². The molecule has 2 heteroatoms. The molecule has 1 saturated heterocycles. The van der Waals surface area contributed by atoms with Gasteiger partial charge in [0.15, 0.2) is 0 Å². The molecule has 0 amide bonds. The van der Waals surface area contributed by atoms with E-state index in [9.17, 15) is 5.11 Å². The molecular weight excluding hydrogens is 186 g/mol. The van der Waals surface area contributed by atoms with Crippen LogP contribution in [0.4, 0.5) is 0 Å². The second-order valence-corrected chi connectivity index (χ2v) is 4.47. The number of aromatic hydroxyl groups is 1. The average molecular weight is 206 g/mol. The molecule has 2 nitrogen and oxygen atoms in total. The molecule has 82 valence electrons. The van der Waals surface area contributed by atoms with E-state index < -0.39 is 0 Å². The summed E-state index contributed by atoms with van der Waals surface area (Å²) in [5, 5.41) is 9.70. The zero-order valence-electron chi connectivity index (χ0n) is 9.21. The molecule has 0 aliphatic carbocycles. The molecule has 0 spiro atoms. The van der Waals surface area contributed by atoms with Gasteiger partial charge >= 0.3 is 0 Å². The van der Waals surface area contributed by atoms with Crippen LogP contribution in [0.25, 0.3) is 0 Å². The number of likely N-dealkylation sites (tertiary alicyclic amines) is 1. The molecule has 1 aliphatic heterocycles. The molecule has 0 bridgehead atoms. The molecular formula is C13H20NO+. The Bertz CT molecular complexity index is 303. The SMILES string of the molecule is Oc1ccccc1C[NH+]1CCCCCC1. The van der Waals surface area contributed by atoms with Crippen LogP contribution in [-0.4, -0.2) is 18.2 Å². The molecule has 0 saturated carbocycles. The van der Waals surface area contributed by atoms with Crippen molar-refractivity contribution in [3.8, 4) is 5.75 Å². The topological polar surface area (TPSA) is 24.7 Å². The number of benzene rings is 1. The van der Waals surface area contributed by atoms with Crippen LogP contribution in [-0.2, 0) is 6.54 Å². The number of para-hydroxylation sites is 1. The van der Waals surface area contributed by atoms with Gasteiger partial charge in [-0.3, -0.25) is 0 Å². The van der Waals surface area contributed by atoms with E-state index in [2.05, 4.69) is 0 Å². The largest absolute Gasteiger partial charge is 0.507 e. The summed E-state index contributed by atoms with van der Waals surface area (Å²) in [6, 6.07) is 7.71. The Kier molecular flexibility index (Phi) is 3.62. The Morgan fingerprint density at radius 3 is 2.33 bits per heavy atom. The van der Waals surface area contributed by atoms with Gasteiger partial charge in [-0.1, -0.05) is 12.1 Å². The van der Waals surface area contributed by atoms with E-state index in [0.717, 1.165) is 12.1 Å². The summed E-state index contributed by atoms with van der Waals surface area (Å²) >= 11 is 0. The Labute approximate surface area is 91.5 Å². The highest BCUT2D eigenvalue weighted by atomic mass is 16.3. The van der Waals surface area contributed by atoms with Crippen molar-refractivity contribution in [3.05, 3.63) is 29.8 Å². The molecule has 15 heavy (non-hydrogen) atoms. The fraction of sp³-hybridized carbons (Fsp3) is 0.538. The Morgan fingerprint density at radius 1 is 1.00 bits per heavy atom. The Balaban J connectivity index is 1.98. The van der Waals surface area contributed by atoms with Crippen LogP contribution >= 0.6 is 0 Å². The van der Waals surface area contributed by atoms with Crippen LogP contribution < -0.4 is 4.90 Å². The highest BCUT2D eigenvalue weighted by Gasteiger charge is 2.13. The van der Waals surface area contributed by atoms with Crippen molar-refractivity contribution in [1.82, 2.24) is 0 Å². The molecule has 0 aromatic heterocycles. The minimum atomic E-state index is 0.453. The predicted octanol–water partition coefficient (Wildman–Crippen LogP) is 1.35. The summed E-state index contributed by atoms with van der Waals surface area (Å²) < 4.78 is 0.